The number of aromatic amines is 1. The van der Waals surface area contributed by atoms with Crippen LogP contribution in [0.3, 0.4) is 0 Å². The van der Waals surface area contributed by atoms with Crippen LogP contribution >= 0.6 is 12.6 Å². The first-order chi connectivity index (χ1) is 15.7. The molecule has 0 fully saturated rings. The van der Waals surface area contributed by atoms with Crippen LogP contribution in [0.5, 0.6) is 0 Å². The van der Waals surface area contributed by atoms with Gasteiger partial charge in [-0.25, -0.2) is 4.79 Å². The second kappa shape index (κ2) is 12.3. The summed E-state index contributed by atoms with van der Waals surface area (Å²) >= 11 is 4.08. The molecule has 0 bridgehead atoms. The van der Waals surface area contributed by atoms with E-state index in [9.17, 15) is 24.3 Å². The van der Waals surface area contributed by atoms with Gasteiger partial charge >= 0.3 is 5.97 Å². The van der Waals surface area contributed by atoms with E-state index in [1.807, 2.05) is 31.2 Å². The van der Waals surface area contributed by atoms with Crippen LogP contribution in [-0.4, -0.2) is 64.2 Å². The van der Waals surface area contributed by atoms with Crippen LogP contribution in [0.15, 0.2) is 30.5 Å². The largest absolute Gasteiger partial charge is 0.480 e. The molecule has 0 aliphatic heterocycles. The number of fused-ring (bicyclic) bond motifs is 1. The van der Waals surface area contributed by atoms with Crippen LogP contribution < -0.4 is 21.7 Å². The van der Waals surface area contributed by atoms with E-state index in [2.05, 4.69) is 33.6 Å². The highest BCUT2D eigenvalue weighted by Gasteiger charge is 2.32. The average molecular weight is 478 g/mol. The van der Waals surface area contributed by atoms with Crippen molar-refractivity contribution in [1.82, 2.24) is 20.9 Å². The van der Waals surface area contributed by atoms with Gasteiger partial charge in [0.25, 0.3) is 0 Å². The van der Waals surface area contributed by atoms with Gasteiger partial charge in [0.1, 0.15) is 18.1 Å². The number of para-hydroxylation sites is 1. The molecule has 1 aromatic heterocycles. The topological polar surface area (TPSA) is 166 Å². The third-order valence-electron chi connectivity index (χ3n) is 5.53. The fourth-order valence-corrected chi connectivity index (χ4v) is 3.64. The Balaban J connectivity index is 2.16. The minimum absolute atomic E-state index is 0.00470. The molecular formula is C22H31N5O5S. The van der Waals surface area contributed by atoms with E-state index in [0.717, 1.165) is 16.5 Å². The van der Waals surface area contributed by atoms with Crippen molar-refractivity contribution in [3.8, 4) is 0 Å². The second-order valence-corrected chi connectivity index (χ2v) is 8.21. The standard InChI is InChI=1S/C22H31N5O5S/c1-3-12(2)19(27-20(29)17(11-33)25-18(28)9-23)21(30)26-16(22(31)32)8-13-10-24-15-7-5-4-6-14(13)15/h4-7,10,12,16-17,19,24,33H,3,8-9,11,23H2,1-2H3,(H,25,28)(H,26,30)(H,27,29)(H,31,32). The number of benzene rings is 1. The summed E-state index contributed by atoms with van der Waals surface area (Å²) in [5.74, 6) is -3.22. The Morgan fingerprint density at radius 3 is 2.39 bits per heavy atom. The van der Waals surface area contributed by atoms with Crippen molar-refractivity contribution in [1.29, 1.82) is 0 Å². The molecule has 3 amide bonds. The van der Waals surface area contributed by atoms with Crippen molar-refractivity contribution in [3.05, 3.63) is 36.0 Å². The van der Waals surface area contributed by atoms with Gasteiger partial charge in [-0.05, 0) is 17.5 Å². The zero-order valence-corrected chi connectivity index (χ0v) is 19.5. The summed E-state index contributed by atoms with van der Waals surface area (Å²) < 4.78 is 0. The van der Waals surface area contributed by atoms with Crippen molar-refractivity contribution in [2.24, 2.45) is 11.7 Å². The van der Waals surface area contributed by atoms with Crippen LogP contribution in [0.25, 0.3) is 10.9 Å². The van der Waals surface area contributed by atoms with Gasteiger partial charge < -0.3 is 31.8 Å². The van der Waals surface area contributed by atoms with E-state index in [-0.39, 0.29) is 24.6 Å². The van der Waals surface area contributed by atoms with E-state index in [1.165, 1.54) is 0 Å². The maximum atomic E-state index is 13.1. The summed E-state index contributed by atoms with van der Waals surface area (Å²) in [6, 6.07) is 4.30. The number of nitrogens with two attached hydrogens (primary N) is 1. The number of rotatable bonds is 12. The third kappa shape index (κ3) is 6.96. The van der Waals surface area contributed by atoms with Gasteiger partial charge in [-0.1, -0.05) is 38.5 Å². The molecular weight excluding hydrogens is 446 g/mol. The van der Waals surface area contributed by atoms with Crippen molar-refractivity contribution >= 4 is 47.2 Å². The van der Waals surface area contributed by atoms with Gasteiger partial charge in [0.2, 0.25) is 17.7 Å². The molecule has 4 atom stereocenters. The summed E-state index contributed by atoms with van der Waals surface area (Å²) in [6.45, 7) is 3.33. The number of aliphatic carboxylic acids is 1. The number of H-pyrrole nitrogens is 1. The van der Waals surface area contributed by atoms with E-state index in [0.29, 0.717) is 6.42 Å². The summed E-state index contributed by atoms with van der Waals surface area (Å²) in [5, 5.41) is 18.2. The smallest absolute Gasteiger partial charge is 0.326 e. The molecule has 2 rings (SSSR count). The maximum Gasteiger partial charge on any atom is 0.326 e. The normalized spacial score (nSPS) is 14.7. The third-order valence-corrected chi connectivity index (χ3v) is 5.89. The fraction of sp³-hybridized carbons (Fsp3) is 0.455. The Hall–Kier alpha value is -3.05. The zero-order valence-electron chi connectivity index (χ0n) is 18.6. The van der Waals surface area contributed by atoms with E-state index < -0.39 is 41.8 Å². The van der Waals surface area contributed by atoms with Gasteiger partial charge in [0.15, 0.2) is 0 Å². The predicted octanol–water partition coefficient (Wildman–Crippen LogP) is 0.184. The highest BCUT2D eigenvalue weighted by atomic mass is 32.1. The minimum Gasteiger partial charge on any atom is -0.480 e. The van der Waals surface area contributed by atoms with Gasteiger partial charge in [0, 0.05) is 29.3 Å². The molecule has 1 heterocycles. The Morgan fingerprint density at radius 1 is 1.09 bits per heavy atom. The predicted molar refractivity (Wildman–Crippen MR) is 128 cm³/mol. The molecule has 0 spiro atoms. The molecule has 0 aliphatic rings. The van der Waals surface area contributed by atoms with Gasteiger partial charge in [0.05, 0.1) is 6.54 Å². The Bertz CT molecular complexity index is 994. The van der Waals surface area contributed by atoms with Crippen LogP contribution in [-0.2, 0) is 25.6 Å². The zero-order chi connectivity index (χ0) is 24.5. The van der Waals surface area contributed by atoms with Crippen LogP contribution in [0, 0.1) is 5.92 Å². The quantitative estimate of drug-likeness (QED) is 0.215. The Labute approximate surface area is 197 Å². The molecule has 33 heavy (non-hydrogen) atoms. The number of hydrogen-bond acceptors (Lipinski definition) is 6. The number of hydrogen-bond donors (Lipinski definition) is 7. The molecule has 0 aliphatic carbocycles. The molecule has 1 aromatic carbocycles. The Morgan fingerprint density at radius 2 is 1.79 bits per heavy atom. The molecule has 0 saturated carbocycles. The number of thiol groups is 1. The molecule has 0 radical (unpaired) electrons. The number of carbonyl (C=O) groups excluding carboxylic acids is 3. The first kappa shape index (κ1) is 26.2. The number of carboxylic acid groups (broad SMARTS) is 1. The molecule has 2 aromatic rings. The van der Waals surface area contributed by atoms with Crippen molar-refractivity contribution in [2.45, 2.75) is 44.8 Å². The summed E-state index contributed by atoms with van der Waals surface area (Å²) in [4.78, 5) is 52.3. The number of nitrogens with one attached hydrogen (secondary N) is 4. The number of carboxylic acids is 1. The molecule has 180 valence electrons. The van der Waals surface area contributed by atoms with E-state index in [1.54, 1.807) is 13.1 Å². The van der Waals surface area contributed by atoms with Crippen LogP contribution in [0.2, 0.25) is 0 Å². The van der Waals surface area contributed by atoms with E-state index >= 15 is 0 Å². The van der Waals surface area contributed by atoms with Crippen LogP contribution in [0.1, 0.15) is 25.8 Å². The monoisotopic (exact) mass is 477 g/mol. The molecule has 10 nitrogen and oxygen atoms in total. The lowest BCUT2D eigenvalue weighted by Gasteiger charge is -2.27. The molecule has 7 N–H and O–H groups in total. The number of carbonyl (C=O) groups is 4. The summed E-state index contributed by atoms with van der Waals surface area (Å²) in [6.07, 6.45) is 2.34. The van der Waals surface area contributed by atoms with Crippen molar-refractivity contribution in [2.75, 3.05) is 12.3 Å². The lowest BCUT2D eigenvalue weighted by Crippen LogP contribution is -2.58. The lowest BCUT2D eigenvalue weighted by atomic mass is 9.97. The van der Waals surface area contributed by atoms with Crippen molar-refractivity contribution < 1.29 is 24.3 Å². The summed E-state index contributed by atoms with van der Waals surface area (Å²) in [5.41, 5.74) is 6.89. The highest BCUT2D eigenvalue weighted by molar-refractivity contribution is 7.80. The number of aromatic nitrogens is 1. The molecule has 4 unspecified atom stereocenters. The lowest BCUT2D eigenvalue weighted by molar-refractivity contribution is -0.142. The Kier molecular flexibility index (Phi) is 9.74. The minimum atomic E-state index is -1.20. The average Bonchev–Trinajstić information content (AvgIpc) is 3.22. The number of amides is 3. The second-order valence-electron chi connectivity index (χ2n) is 7.84. The maximum absolute atomic E-state index is 13.1. The SMILES string of the molecule is CCC(C)C(NC(=O)C(CS)NC(=O)CN)C(=O)NC(Cc1c[nH]c2ccccc12)C(=O)O. The molecule has 0 saturated heterocycles. The fourth-order valence-electron chi connectivity index (χ4n) is 3.39. The first-order valence-corrected chi connectivity index (χ1v) is 11.3. The van der Waals surface area contributed by atoms with Gasteiger partial charge in [-0.2, -0.15) is 12.6 Å². The highest BCUT2D eigenvalue weighted by Crippen LogP contribution is 2.19. The van der Waals surface area contributed by atoms with Gasteiger partial charge in [-0.15, -0.1) is 0 Å². The first-order valence-electron chi connectivity index (χ1n) is 10.7. The van der Waals surface area contributed by atoms with Crippen LogP contribution in [0.4, 0.5) is 0 Å². The van der Waals surface area contributed by atoms with Gasteiger partial charge in [-0.3, -0.25) is 14.4 Å². The van der Waals surface area contributed by atoms with E-state index in [4.69, 9.17) is 5.73 Å². The van der Waals surface area contributed by atoms with Crippen molar-refractivity contribution in [3.63, 3.8) is 0 Å². The molecule has 11 heteroatoms. The summed E-state index contributed by atoms with van der Waals surface area (Å²) in [7, 11) is 0.